The first-order chi connectivity index (χ1) is 12.9. The van der Waals surface area contributed by atoms with E-state index in [0.717, 1.165) is 18.7 Å². The quantitative estimate of drug-likeness (QED) is 0.697. The molecule has 0 radical (unpaired) electrons. The molecular formula is C20H27N5O2. The third-order valence-corrected chi connectivity index (χ3v) is 3.96. The fourth-order valence-corrected chi connectivity index (χ4v) is 2.43. The number of carbonyl (C=O) groups excluding carboxylic acids is 2. The van der Waals surface area contributed by atoms with Crippen molar-refractivity contribution < 1.29 is 9.59 Å². The number of hydrogen-bond acceptors (Lipinski definition) is 5. The molecule has 0 saturated heterocycles. The van der Waals surface area contributed by atoms with Gasteiger partial charge in [0.2, 0.25) is 0 Å². The lowest BCUT2D eigenvalue weighted by atomic mass is 10.2. The Kier molecular flexibility index (Phi) is 7.31. The SMILES string of the molecule is CN(C)CCCNC(=O)c1cc(C(=O)Nc2ccc(N(C)C)cc2)ccn1. The van der Waals surface area contributed by atoms with E-state index in [1.807, 2.05) is 57.4 Å². The molecule has 0 atom stereocenters. The van der Waals surface area contributed by atoms with Crippen LogP contribution in [-0.2, 0) is 0 Å². The summed E-state index contributed by atoms with van der Waals surface area (Å²) in [6, 6.07) is 10.6. The highest BCUT2D eigenvalue weighted by Gasteiger charge is 2.12. The van der Waals surface area contributed by atoms with Crippen molar-refractivity contribution in [3.63, 3.8) is 0 Å². The lowest BCUT2D eigenvalue weighted by Crippen LogP contribution is -2.28. The smallest absolute Gasteiger partial charge is 0.269 e. The molecule has 0 fully saturated rings. The lowest BCUT2D eigenvalue weighted by Gasteiger charge is -2.13. The van der Waals surface area contributed by atoms with E-state index in [2.05, 4.69) is 20.5 Å². The number of rotatable bonds is 8. The van der Waals surface area contributed by atoms with Gasteiger partial charge in [-0.05, 0) is 63.5 Å². The normalized spacial score (nSPS) is 10.6. The van der Waals surface area contributed by atoms with Gasteiger partial charge in [0, 0.05) is 43.8 Å². The van der Waals surface area contributed by atoms with Crippen LogP contribution in [0.1, 0.15) is 27.3 Å². The summed E-state index contributed by atoms with van der Waals surface area (Å²) >= 11 is 0. The predicted octanol–water partition coefficient (Wildman–Crippen LogP) is 2.08. The number of benzene rings is 1. The number of carbonyl (C=O) groups is 2. The molecule has 2 N–H and O–H groups in total. The first kappa shape index (κ1) is 20.4. The molecule has 0 unspecified atom stereocenters. The average Bonchev–Trinajstić information content (AvgIpc) is 2.65. The molecule has 1 heterocycles. The number of amides is 2. The van der Waals surface area contributed by atoms with Gasteiger partial charge in [-0.1, -0.05) is 0 Å². The molecule has 2 rings (SSSR count). The molecule has 144 valence electrons. The Morgan fingerprint density at radius 1 is 1.00 bits per heavy atom. The van der Waals surface area contributed by atoms with Gasteiger partial charge in [0.05, 0.1) is 0 Å². The van der Waals surface area contributed by atoms with E-state index >= 15 is 0 Å². The fourth-order valence-electron chi connectivity index (χ4n) is 2.43. The Bertz CT molecular complexity index is 772. The van der Waals surface area contributed by atoms with Crippen molar-refractivity contribution in [2.45, 2.75) is 6.42 Å². The Morgan fingerprint density at radius 2 is 1.70 bits per heavy atom. The first-order valence-electron chi connectivity index (χ1n) is 8.84. The second-order valence-corrected chi connectivity index (χ2v) is 6.74. The largest absolute Gasteiger partial charge is 0.378 e. The van der Waals surface area contributed by atoms with E-state index in [4.69, 9.17) is 0 Å². The summed E-state index contributed by atoms with van der Waals surface area (Å²) in [5.41, 5.74) is 2.36. The van der Waals surface area contributed by atoms with Crippen molar-refractivity contribution >= 4 is 23.2 Å². The maximum atomic E-state index is 12.5. The Hall–Kier alpha value is -2.93. The van der Waals surface area contributed by atoms with Crippen LogP contribution in [-0.4, -0.2) is 63.0 Å². The molecule has 7 nitrogen and oxygen atoms in total. The van der Waals surface area contributed by atoms with Crippen LogP contribution >= 0.6 is 0 Å². The van der Waals surface area contributed by atoms with E-state index in [-0.39, 0.29) is 17.5 Å². The third kappa shape index (κ3) is 6.38. The number of nitrogens with zero attached hydrogens (tertiary/aromatic N) is 3. The molecule has 2 amide bonds. The van der Waals surface area contributed by atoms with E-state index < -0.39 is 0 Å². The van der Waals surface area contributed by atoms with Crippen molar-refractivity contribution in [1.82, 2.24) is 15.2 Å². The number of aromatic nitrogens is 1. The standard InChI is InChI=1S/C20H27N5O2/c1-24(2)13-5-11-22-20(27)18-14-15(10-12-21-18)19(26)23-16-6-8-17(9-7-16)25(3)4/h6-10,12,14H,5,11,13H2,1-4H3,(H,22,27)(H,23,26). The summed E-state index contributed by atoms with van der Waals surface area (Å²) in [4.78, 5) is 32.8. The molecule has 0 aliphatic heterocycles. The van der Waals surface area contributed by atoms with E-state index in [1.165, 1.54) is 12.3 Å². The van der Waals surface area contributed by atoms with Gasteiger partial charge in [-0.3, -0.25) is 14.6 Å². The van der Waals surface area contributed by atoms with Gasteiger partial charge in [-0.15, -0.1) is 0 Å². The van der Waals surface area contributed by atoms with Crippen LogP contribution < -0.4 is 15.5 Å². The fraction of sp³-hybridized carbons (Fsp3) is 0.350. The van der Waals surface area contributed by atoms with Crippen LogP contribution in [0.25, 0.3) is 0 Å². The highest BCUT2D eigenvalue weighted by atomic mass is 16.2. The maximum absolute atomic E-state index is 12.5. The Balaban J connectivity index is 1.97. The zero-order chi connectivity index (χ0) is 19.8. The van der Waals surface area contributed by atoms with Gasteiger partial charge in [0.15, 0.2) is 0 Å². The van der Waals surface area contributed by atoms with E-state index in [1.54, 1.807) is 6.07 Å². The van der Waals surface area contributed by atoms with Crippen LogP contribution in [0.2, 0.25) is 0 Å². The topological polar surface area (TPSA) is 77.6 Å². The van der Waals surface area contributed by atoms with E-state index in [0.29, 0.717) is 17.8 Å². The monoisotopic (exact) mass is 369 g/mol. The van der Waals surface area contributed by atoms with Crippen molar-refractivity contribution in [3.05, 3.63) is 53.9 Å². The van der Waals surface area contributed by atoms with Crippen molar-refractivity contribution in [3.8, 4) is 0 Å². The average molecular weight is 369 g/mol. The summed E-state index contributed by atoms with van der Waals surface area (Å²) in [7, 11) is 7.88. The molecule has 1 aromatic carbocycles. The van der Waals surface area contributed by atoms with Crippen LogP contribution in [0.15, 0.2) is 42.6 Å². The van der Waals surface area contributed by atoms with Crippen molar-refractivity contribution in [2.24, 2.45) is 0 Å². The molecule has 1 aromatic heterocycles. The van der Waals surface area contributed by atoms with Gasteiger partial charge in [-0.2, -0.15) is 0 Å². The molecular weight excluding hydrogens is 342 g/mol. The lowest BCUT2D eigenvalue weighted by molar-refractivity contribution is 0.0947. The van der Waals surface area contributed by atoms with Crippen molar-refractivity contribution in [1.29, 1.82) is 0 Å². The van der Waals surface area contributed by atoms with Crippen LogP contribution in [0, 0.1) is 0 Å². The van der Waals surface area contributed by atoms with Gasteiger partial charge < -0.3 is 20.4 Å². The second kappa shape index (κ2) is 9.68. The van der Waals surface area contributed by atoms with Gasteiger partial charge in [0.25, 0.3) is 11.8 Å². The number of pyridine rings is 1. The van der Waals surface area contributed by atoms with Gasteiger partial charge in [-0.25, -0.2) is 0 Å². The number of hydrogen-bond donors (Lipinski definition) is 2. The summed E-state index contributed by atoms with van der Waals surface area (Å²) in [5.74, 6) is -0.560. The zero-order valence-corrected chi connectivity index (χ0v) is 16.3. The number of anilines is 2. The summed E-state index contributed by atoms with van der Waals surface area (Å²) in [6.07, 6.45) is 2.32. The molecule has 0 saturated carbocycles. The van der Waals surface area contributed by atoms with Crippen LogP contribution in [0.4, 0.5) is 11.4 Å². The first-order valence-corrected chi connectivity index (χ1v) is 8.84. The van der Waals surface area contributed by atoms with Crippen LogP contribution in [0.3, 0.4) is 0 Å². The minimum absolute atomic E-state index is 0.232. The van der Waals surface area contributed by atoms with Gasteiger partial charge in [0.1, 0.15) is 5.69 Å². The molecule has 0 spiro atoms. The second-order valence-electron chi connectivity index (χ2n) is 6.74. The molecule has 7 heteroatoms. The zero-order valence-electron chi connectivity index (χ0n) is 16.3. The van der Waals surface area contributed by atoms with Gasteiger partial charge >= 0.3 is 0 Å². The summed E-state index contributed by atoms with van der Waals surface area (Å²) < 4.78 is 0. The maximum Gasteiger partial charge on any atom is 0.269 e. The molecule has 0 aliphatic carbocycles. The Morgan fingerprint density at radius 3 is 2.33 bits per heavy atom. The highest BCUT2D eigenvalue weighted by Crippen LogP contribution is 2.16. The predicted molar refractivity (Wildman–Crippen MR) is 108 cm³/mol. The molecule has 2 aromatic rings. The minimum atomic E-state index is -0.281. The molecule has 0 aliphatic rings. The number of nitrogens with one attached hydrogen (secondary N) is 2. The third-order valence-electron chi connectivity index (χ3n) is 3.96. The molecule has 0 bridgehead atoms. The molecule has 27 heavy (non-hydrogen) atoms. The minimum Gasteiger partial charge on any atom is -0.378 e. The van der Waals surface area contributed by atoms with Crippen molar-refractivity contribution in [2.75, 3.05) is 51.5 Å². The highest BCUT2D eigenvalue weighted by molar-refractivity contribution is 6.05. The van der Waals surface area contributed by atoms with E-state index in [9.17, 15) is 9.59 Å². The Labute approximate surface area is 160 Å². The summed E-state index contributed by atoms with van der Waals surface area (Å²) in [5, 5.41) is 5.66. The summed E-state index contributed by atoms with van der Waals surface area (Å²) in [6.45, 7) is 1.45. The van der Waals surface area contributed by atoms with Crippen LogP contribution in [0.5, 0.6) is 0 Å².